The molecule has 1 heterocycles. The monoisotopic (exact) mass is 216 g/mol. The molecular weight excluding hydrogens is 196 g/mol. The quantitative estimate of drug-likeness (QED) is 0.500. The Morgan fingerprint density at radius 2 is 2.13 bits per heavy atom. The fourth-order valence-corrected chi connectivity index (χ4v) is 1.56. The van der Waals surface area contributed by atoms with E-state index < -0.39 is 0 Å². The molecule has 0 atom stereocenters. The van der Waals surface area contributed by atoms with Gasteiger partial charge in [0.05, 0.1) is 6.61 Å². The molecule has 1 rings (SSSR count). The van der Waals surface area contributed by atoms with Crippen LogP contribution < -0.4 is 5.73 Å². The molecule has 0 aromatic carbocycles. The second-order valence-corrected chi connectivity index (χ2v) is 3.83. The van der Waals surface area contributed by atoms with Gasteiger partial charge in [-0.25, -0.2) is 4.79 Å². The molecule has 1 aliphatic rings. The Hall–Kier alpha value is -0.650. The van der Waals surface area contributed by atoms with Gasteiger partial charge in [-0.05, 0) is 19.9 Å². The van der Waals surface area contributed by atoms with E-state index in [2.05, 4.69) is 11.9 Å². The molecule has 5 nitrogen and oxygen atoms in total. The number of esters is 1. The van der Waals surface area contributed by atoms with Crippen LogP contribution in [-0.2, 0) is 14.3 Å². The van der Waals surface area contributed by atoms with E-state index >= 15 is 0 Å². The van der Waals surface area contributed by atoms with E-state index in [1.807, 2.05) is 0 Å². The summed E-state index contributed by atoms with van der Waals surface area (Å²) in [6.45, 7) is 2.83. The van der Waals surface area contributed by atoms with E-state index in [1.54, 1.807) is 0 Å². The molecule has 0 aromatic rings. The van der Waals surface area contributed by atoms with Gasteiger partial charge in [-0.15, -0.1) is 0 Å². The van der Waals surface area contributed by atoms with Crippen molar-refractivity contribution in [3.8, 4) is 0 Å². The molecule has 2 N–H and O–H groups in total. The van der Waals surface area contributed by atoms with Crippen LogP contribution in [0.25, 0.3) is 0 Å². The van der Waals surface area contributed by atoms with Crippen molar-refractivity contribution >= 4 is 5.97 Å². The fourth-order valence-electron chi connectivity index (χ4n) is 1.56. The number of nitrogens with zero attached hydrogens (tertiary/aromatic N) is 1. The van der Waals surface area contributed by atoms with Crippen molar-refractivity contribution in [3.63, 3.8) is 0 Å². The number of hydrogen-bond donors (Lipinski definition) is 1. The van der Waals surface area contributed by atoms with Gasteiger partial charge in [0, 0.05) is 19.6 Å². The second-order valence-electron chi connectivity index (χ2n) is 3.83. The summed E-state index contributed by atoms with van der Waals surface area (Å²) in [5, 5.41) is 0. The Bertz CT molecular complexity index is 191. The van der Waals surface area contributed by atoms with Crippen molar-refractivity contribution in [1.82, 2.24) is 4.90 Å². The molecule has 0 saturated carbocycles. The number of ether oxygens (including phenoxy) is 2. The third-order valence-electron chi connectivity index (χ3n) is 2.45. The molecule has 1 fully saturated rings. The van der Waals surface area contributed by atoms with E-state index in [9.17, 15) is 4.79 Å². The average Bonchev–Trinajstić information content (AvgIpc) is 2.22. The second kappa shape index (κ2) is 6.76. The number of nitrogens with two attached hydrogens (primary N) is 1. The summed E-state index contributed by atoms with van der Waals surface area (Å²) in [6, 6.07) is 0. The first kappa shape index (κ1) is 12.4. The summed E-state index contributed by atoms with van der Waals surface area (Å²) in [5.41, 5.74) is 5.23. The lowest BCUT2D eigenvalue weighted by atomic mass is 10.1. The van der Waals surface area contributed by atoms with Gasteiger partial charge in [0.2, 0.25) is 0 Å². The zero-order valence-corrected chi connectivity index (χ0v) is 9.28. The summed E-state index contributed by atoms with van der Waals surface area (Å²) in [4.78, 5) is 13.5. The van der Waals surface area contributed by atoms with E-state index in [0.29, 0.717) is 13.2 Å². The Morgan fingerprint density at radius 1 is 1.47 bits per heavy atom. The summed E-state index contributed by atoms with van der Waals surface area (Å²) in [6.07, 6.45) is 1.90. The Kier molecular flexibility index (Phi) is 5.60. The van der Waals surface area contributed by atoms with Crippen LogP contribution in [0.5, 0.6) is 0 Å². The fraction of sp³-hybridized carbons (Fsp3) is 0.900. The number of hydrogen-bond acceptors (Lipinski definition) is 5. The van der Waals surface area contributed by atoms with E-state index in [4.69, 9.17) is 15.2 Å². The maximum atomic E-state index is 11.3. The van der Waals surface area contributed by atoms with Crippen molar-refractivity contribution < 1.29 is 14.3 Å². The third kappa shape index (κ3) is 5.11. The van der Waals surface area contributed by atoms with Crippen LogP contribution in [0, 0.1) is 0 Å². The molecule has 0 aromatic heterocycles. The normalized spacial score (nSPS) is 19.1. The van der Waals surface area contributed by atoms with E-state index in [-0.39, 0.29) is 18.7 Å². The molecule has 0 spiro atoms. The molecular formula is C10H20N2O3. The van der Waals surface area contributed by atoms with Crippen molar-refractivity contribution in [2.45, 2.75) is 18.9 Å². The van der Waals surface area contributed by atoms with Gasteiger partial charge in [0.1, 0.15) is 12.7 Å². The lowest BCUT2D eigenvalue weighted by Crippen LogP contribution is -2.36. The highest BCUT2D eigenvalue weighted by molar-refractivity contribution is 5.70. The molecule has 1 aliphatic heterocycles. The highest BCUT2D eigenvalue weighted by Crippen LogP contribution is 2.12. The topological polar surface area (TPSA) is 64.8 Å². The van der Waals surface area contributed by atoms with Gasteiger partial charge in [-0.1, -0.05) is 0 Å². The number of rotatable bonds is 5. The van der Waals surface area contributed by atoms with Crippen molar-refractivity contribution in [3.05, 3.63) is 0 Å². The number of piperidine rings is 1. The first-order valence-corrected chi connectivity index (χ1v) is 5.38. The first-order valence-electron chi connectivity index (χ1n) is 5.38. The molecule has 0 aliphatic carbocycles. The number of likely N-dealkylation sites (tertiary alicyclic amines) is 1. The van der Waals surface area contributed by atoms with Gasteiger partial charge in [0.15, 0.2) is 0 Å². The van der Waals surface area contributed by atoms with Crippen molar-refractivity contribution in [1.29, 1.82) is 0 Å². The maximum absolute atomic E-state index is 11.3. The van der Waals surface area contributed by atoms with Crippen LogP contribution in [0.2, 0.25) is 0 Å². The minimum Gasteiger partial charge on any atom is -0.461 e. The molecule has 1 saturated heterocycles. The SMILES string of the molecule is CN1CCC(OC(=O)COCCN)CC1. The van der Waals surface area contributed by atoms with Crippen molar-refractivity contribution in [2.24, 2.45) is 5.73 Å². The van der Waals surface area contributed by atoms with Crippen LogP contribution in [0.3, 0.4) is 0 Å². The first-order chi connectivity index (χ1) is 7.22. The predicted octanol–water partition coefficient (Wildman–Crippen LogP) is -0.401. The average molecular weight is 216 g/mol. The minimum atomic E-state index is -0.280. The van der Waals surface area contributed by atoms with Gasteiger partial charge in [-0.3, -0.25) is 0 Å². The summed E-state index contributed by atoms with van der Waals surface area (Å²) in [5.74, 6) is -0.280. The standard InChI is InChI=1S/C10H20N2O3/c1-12-5-2-9(3-6-12)15-10(13)8-14-7-4-11/h9H,2-8,11H2,1H3. The van der Waals surface area contributed by atoms with Gasteiger partial charge in [-0.2, -0.15) is 0 Å². The lowest BCUT2D eigenvalue weighted by Gasteiger charge is -2.28. The van der Waals surface area contributed by atoms with Gasteiger partial charge < -0.3 is 20.1 Å². The Morgan fingerprint density at radius 3 is 2.73 bits per heavy atom. The molecule has 15 heavy (non-hydrogen) atoms. The van der Waals surface area contributed by atoms with E-state index in [0.717, 1.165) is 25.9 Å². The number of carbonyl (C=O) groups excluding carboxylic acids is 1. The zero-order chi connectivity index (χ0) is 11.1. The van der Waals surface area contributed by atoms with Crippen molar-refractivity contribution in [2.75, 3.05) is 39.9 Å². The predicted molar refractivity (Wildman–Crippen MR) is 56.5 cm³/mol. The minimum absolute atomic E-state index is 0.0174. The zero-order valence-electron chi connectivity index (χ0n) is 9.28. The third-order valence-corrected chi connectivity index (χ3v) is 2.45. The van der Waals surface area contributed by atoms with Crippen LogP contribution in [0.15, 0.2) is 0 Å². The molecule has 5 heteroatoms. The Labute approximate surface area is 90.5 Å². The molecule has 0 amide bonds. The smallest absolute Gasteiger partial charge is 0.332 e. The summed E-state index contributed by atoms with van der Waals surface area (Å²) in [7, 11) is 2.07. The highest BCUT2D eigenvalue weighted by Gasteiger charge is 2.19. The summed E-state index contributed by atoms with van der Waals surface area (Å²) < 4.78 is 10.3. The highest BCUT2D eigenvalue weighted by atomic mass is 16.6. The lowest BCUT2D eigenvalue weighted by molar-refractivity contribution is -0.156. The largest absolute Gasteiger partial charge is 0.461 e. The number of carbonyl (C=O) groups is 1. The molecule has 0 bridgehead atoms. The van der Waals surface area contributed by atoms with E-state index in [1.165, 1.54) is 0 Å². The molecule has 88 valence electrons. The maximum Gasteiger partial charge on any atom is 0.332 e. The summed E-state index contributed by atoms with van der Waals surface area (Å²) >= 11 is 0. The van der Waals surface area contributed by atoms with Crippen LogP contribution >= 0.6 is 0 Å². The van der Waals surface area contributed by atoms with Crippen LogP contribution in [0.4, 0.5) is 0 Å². The van der Waals surface area contributed by atoms with Crippen LogP contribution in [0.1, 0.15) is 12.8 Å². The Balaban J connectivity index is 2.09. The molecule has 0 radical (unpaired) electrons. The molecule has 0 unspecified atom stereocenters. The van der Waals surface area contributed by atoms with Gasteiger partial charge >= 0.3 is 5.97 Å². The van der Waals surface area contributed by atoms with Crippen LogP contribution in [-0.4, -0.2) is 56.9 Å². The van der Waals surface area contributed by atoms with Gasteiger partial charge in [0.25, 0.3) is 0 Å².